The zero-order chi connectivity index (χ0) is 14.2. The van der Waals surface area contributed by atoms with E-state index in [2.05, 4.69) is 33.2 Å². The van der Waals surface area contributed by atoms with Crippen LogP contribution in [-0.4, -0.2) is 47.7 Å². The summed E-state index contributed by atoms with van der Waals surface area (Å²) < 4.78 is 5.45. The smallest absolute Gasteiger partial charge is 0.158 e. The van der Waals surface area contributed by atoms with Crippen LogP contribution in [0.15, 0.2) is 6.07 Å². The van der Waals surface area contributed by atoms with Crippen molar-refractivity contribution in [2.75, 3.05) is 48.0 Å². The minimum absolute atomic E-state index is 0.480. The Balaban J connectivity index is 2.14. The number of nitrogens with one attached hydrogen (secondary N) is 1. The van der Waals surface area contributed by atoms with Gasteiger partial charge in [-0.05, 0) is 13.3 Å². The van der Waals surface area contributed by atoms with Gasteiger partial charge in [-0.3, -0.25) is 0 Å². The summed E-state index contributed by atoms with van der Waals surface area (Å²) in [4.78, 5) is 11.5. The van der Waals surface area contributed by atoms with Crippen LogP contribution in [0.5, 0.6) is 0 Å². The Morgan fingerprint density at radius 3 is 2.80 bits per heavy atom. The normalized spacial score (nSPS) is 15.4. The lowest BCUT2D eigenvalue weighted by Gasteiger charge is -2.28. The summed E-state index contributed by atoms with van der Waals surface area (Å²) in [6.45, 7) is 8.35. The minimum atomic E-state index is 0.480. The number of hydrogen-bond donors (Lipinski definition) is 1. The van der Waals surface area contributed by atoms with Gasteiger partial charge in [0.05, 0.1) is 0 Å². The molecule has 6 heteroatoms. The van der Waals surface area contributed by atoms with Crippen LogP contribution >= 0.6 is 11.8 Å². The molecule has 0 aliphatic carbocycles. The molecule has 0 atom stereocenters. The summed E-state index contributed by atoms with van der Waals surface area (Å²) in [5, 5.41) is 3.35. The van der Waals surface area contributed by atoms with E-state index in [1.807, 2.05) is 18.7 Å². The van der Waals surface area contributed by atoms with E-state index in [4.69, 9.17) is 4.74 Å². The highest BCUT2D eigenvalue weighted by molar-refractivity contribution is 7.99. The van der Waals surface area contributed by atoms with Gasteiger partial charge in [0, 0.05) is 43.8 Å². The maximum Gasteiger partial charge on any atom is 0.158 e. The SMILES string of the molecule is CCCNc1cc(N2CCSCC2)nc(COCC)n1. The van der Waals surface area contributed by atoms with Gasteiger partial charge in [-0.2, -0.15) is 11.8 Å². The lowest BCUT2D eigenvalue weighted by Crippen LogP contribution is -2.33. The number of hydrogen-bond acceptors (Lipinski definition) is 6. The van der Waals surface area contributed by atoms with Gasteiger partial charge >= 0.3 is 0 Å². The average Bonchev–Trinajstić information content (AvgIpc) is 2.51. The van der Waals surface area contributed by atoms with E-state index < -0.39 is 0 Å². The van der Waals surface area contributed by atoms with Crippen molar-refractivity contribution < 1.29 is 4.74 Å². The van der Waals surface area contributed by atoms with E-state index in [9.17, 15) is 0 Å². The number of aromatic nitrogens is 2. The molecule has 1 fully saturated rings. The van der Waals surface area contributed by atoms with E-state index in [1.54, 1.807) is 0 Å². The third-order valence-electron chi connectivity index (χ3n) is 3.09. The predicted octanol–water partition coefficient (Wildman–Crippen LogP) is 2.39. The van der Waals surface area contributed by atoms with Gasteiger partial charge in [0.1, 0.15) is 18.2 Å². The summed E-state index contributed by atoms with van der Waals surface area (Å²) in [6.07, 6.45) is 1.08. The van der Waals surface area contributed by atoms with Crippen molar-refractivity contribution in [2.45, 2.75) is 26.9 Å². The van der Waals surface area contributed by atoms with Crippen LogP contribution < -0.4 is 10.2 Å². The van der Waals surface area contributed by atoms with Crippen LogP contribution in [0.1, 0.15) is 26.1 Å². The second-order valence-electron chi connectivity index (χ2n) is 4.69. The topological polar surface area (TPSA) is 50.3 Å². The van der Waals surface area contributed by atoms with Crippen molar-refractivity contribution in [3.63, 3.8) is 0 Å². The summed E-state index contributed by atoms with van der Waals surface area (Å²) in [5.74, 6) is 5.03. The lowest BCUT2D eigenvalue weighted by molar-refractivity contribution is 0.128. The summed E-state index contributed by atoms with van der Waals surface area (Å²) in [5.41, 5.74) is 0. The first kappa shape index (κ1) is 15.4. The molecule has 0 spiro atoms. The fraction of sp³-hybridized carbons (Fsp3) is 0.714. The second kappa shape index (κ2) is 8.32. The molecule has 2 heterocycles. The Hall–Kier alpha value is -1.01. The first-order valence-corrected chi connectivity index (χ1v) is 8.51. The Bertz CT molecular complexity index is 384. The summed E-state index contributed by atoms with van der Waals surface area (Å²) in [6, 6.07) is 2.06. The molecule has 0 amide bonds. The third-order valence-corrected chi connectivity index (χ3v) is 4.03. The van der Waals surface area contributed by atoms with Crippen molar-refractivity contribution in [2.24, 2.45) is 0 Å². The zero-order valence-electron chi connectivity index (χ0n) is 12.4. The van der Waals surface area contributed by atoms with Gasteiger partial charge in [0.2, 0.25) is 0 Å². The van der Waals surface area contributed by atoms with Crippen LogP contribution in [0.3, 0.4) is 0 Å². The molecule has 1 saturated heterocycles. The molecule has 0 aromatic carbocycles. The molecule has 5 nitrogen and oxygen atoms in total. The highest BCUT2D eigenvalue weighted by atomic mass is 32.2. The molecular weight excluding hydrogens is 272 g/mol. The molecule has 112 valence electrons. The Labute approximate surface area is 125 Å². The average molecular weight is 296 g/mol. The largest absolute Gasteiger partial charge is 0.374 e. The van der Waals surface area contributed by atoms with E-state index in [0.29, 0.717) is 13.2 Å². The van der Waals surface area contributed by atoms with Gasteiger partial charge in [0.25, 0.3) is 0 Å². The molecule has 1 aromatic rings. The predicted molar refractivity (Wildman–Crippen MR) is 85.7 cm³/mol. The van der Waals surface area contributed by atoms with Gasteiger partial charge < -0.3 is 15.0 Å². The minimum Gasteiger partial charge on any atom is -0.374 e. The lowest BCUT2D eigenvalue weighted by atomic mass is 10.4. The molecule has 1 N–H and O–H groups in total. The quantitative estimate of drug-likeness (QED) is 0.834. The fourth-order valence-corrected chi connectivity index (χ4v) is 2.94. The molecule has 1 aliphatic heterocycles. The fourth-order valence-electron chi connectivity index (χ4n) is 2.04. The molecular formula is C14H24N4OS. The van der Waals surface area contributed by atoms with E-state index in [0.717, 1.165) is 43.5 Å². The maximum absolute atomic E-state index is 5.45. The van der Waals surface area contributed by atoms with Crippen LogP contribution in [0.4, 0.5) is 11.6 Å². The van der Waals surface area contributed by atoms with Crippen LogP contribution in [-0.2, 0) is 11.3 Å². The molecule has 0 bridgehead atoms. The van der Waals surface area contributed by atoms with Crippen LogP contribution in [0.2, 0.25) is 0 Å². The van der Waals surface area contributed by atoms with Crippen molar-refractivity contribution in [3.05, 3.63) is 11.9 Å². The Kier molecular flexibility index (Phi) is 6.39. The summed E-state index contributed by atoms with van der Waals surface area (Å²) in [7, 11) is 0. The van der Waals surface area contributed by atoms with Gasteiger partial charge in [-0.1, -0.05) is 6.92 Å². The van der Waals surface area contributed by atoms with Crippen molar-refractivity contribution >= 4 is 23.4 Å². The third kappa shape index (κ3) is 4.52. The highest BCUT2D eigenvalue weighted by Gasteiger charge is 2.14. The highest BCUT2D eigenvalue weighted by Crippen LogP contribution is 2.20. The molecule has 0 saturated carbocycles. The van der Waals surface area contributed by atoms with E-state index >= 15 is 0 Å². The Morgan fingerprint density at radius 1 is 1.30 bits per heavy atom. The molecule has 20 heavy (non-hydrogen) atoms. The molecule has 0 unspecified atom stereocenters. The maximum atomic E-state index is 5.45. The first-order valence-electron chi connectivity index (χ1n) is 7.35. The van der Waals surface area contributed by atoms with Gasteiger partial charge in [-0.15, -0.1) is 0 Å². The van der Waals surface area contributed by atoms with E-state index in [-0.39, 0.29) is 0 Å². The van der Waals surface area contributed by atoms with E-state index in [1.165, 1.54) is 11.5 Å². The van der Waals surface area contributed by atoms with Crippen molar-refractivity contribution in [1.29, 1.82) is 0 Å². The Morgan fingerprint density at radius 2 is 2.10 bits per heavy atom. The molecule has 1 aromatic heterocycles. The standard InChI is InChI=1S/C14H24N4OS/c1-3-5-15-12-10-14(18-6-8-20-9-7-18)17-13(16-12)11-19-4-2/h10H,3-9,11H2,1-2H3,(H,15,16,17). The molecule has 1 aliphatic rings. The number of anilines is 2. The summed E-state index contributed by atoms with van der Waals surface area (Å²) >= 11 is 2.00. The van der Waals surface area contributed by atoms with Gasteiger partial charge in [0.15, 0.2) is 5.82 Å². The number of ether oxygens (including phenoxy) is 1. The van der Waals surface area contributed by atoms with Crippen molar-refractivity contribution in [1.82, 2.24) is 9.97 Å². The number of nitrogens with zero attached hydrogens (tertiary/aromatic N) is 3. The number of rotatable bonds is 7. The number of thioether (sulfide) groups is 1. The monoisotopic (exact) mass is 296 g/mol. The second-order valence-corrected chi connectivity index (χ2v) is 5.92. The van der Waals surface area contributed by atoms with Crippen LogP contribution in [0.25, 0.3) is 0 Å². The van der Waals surface area contributed by atoms with Crippen LogP contribution in [0, 0.1) is 0 Å². The van der Waals surface area contributed by atoms with Gasteiger partial charge in [-0.25, -0.2) is 9.97 Å². The molecule has 2 rings (SSSR count). The zero-order valence-corrected chi connectivity index (χ0v) is 13.2. The van der Waals surface area contributed by atoms with Crippen molar-refractivity contribution in [3.8, 4) is 0 Å². The first-order chi connectivity index (χ1) is 9.83. The molecule has 0 radical (unpaired) electrons.